The molecule has 0 aliphatic rings. The quantitative estimate of drug-likeness (QED) is 0.637. The van der Waals surface area contributed by atoms with Crippen LogP contribution in [0.15, 0.2) is 36.5 Å². The molecule has 0 atom stereocenters. The monoisotopic (exact) mass is 224 g/mol. The maximum atomic E-state index is 4.35. The van der Waals surface area contributed by atoms with Gasteiger partial charge >= 0.3 is 0 Å². The van der Waals surface area contributed by atoms with Gasteiger partial charge in [0, 0.05) is 11.8 Å². The normalized spacial score (nSPS) is 10.9. The molecule has 0 saturated carbocycles. The summed E-state index contributed by atoms with van der Waals surface area (Å²) < 4.78 is 1.78. The van der Waals surface area contributed by atoms with Crippen molar-refractivity contribution in [3.63, 3.8) is 0 Å². The van der Waals surface area contributed by atoms with Gasteiger partial charge in [-0.25, -0.2) is 4.98 Å². The largest absolute Gasteiger partial charge is 0.252 e. The number of benzene rings is 1. The first kappa shape index (κ1) is 9.96. The fourth-order valence-corrected chi connectivity index (χ4v) is 1.84. The highest BCUT2D eigenvalue weighted by atomic mass is 15.3. The Bertz CT molecular complexity index is 667. The zero-order valence-electron chi connectivity index (χ0n) is 9.75. The zero-order valence-corrected chi connectivity index (χ0v) is 9.75. The van der Waals surface area contributed by atoms with E-state index < -0.39 is 0 Å². The molecular weight excluding hydrogens is 212 g/mol. The average Bonchev–Trinajstić information content (AvgIpc) is 2.70. The molecule has 0 bridgehead atoms. The minimum Gasteiger partial charge on any atom is -0.220 e. The van der Waals surface area contributed by atoms with Crippen LogP contribution in [-0.4, -0.2) is 19.6 Å². The van der Waals surface area contributed by atoms with E-state index in [-0.39, 0.29) is 0 Å². The summed E-state index contributed by atoms with van der Waals surface area (Å²) in [6.07, 6.45) is 1.76. The minimum atomic E-state index is 0.639. The van der Waals surface area contributed by atoms with Crippen LogP contribution in [0, 0.1) is 13.8 Å². The standard InChI is InChI=1S/C13H12N4/c1-9-3-5-11(6-4-9)12-7-8-14-13-15-10(2)16-17(12)13/h3-8H,1-2H3. The Hall–Kier alpha value is -2.23. The molecule has 2 heterocycles. The highest BCUT2D eigenvalue weighted by molar-refractivity contribution is 5.61. The number of hydrogen-bond donors (Lipinski definition) is 0. The summed E-state index contributed by atoms with van der Waals surface area (Å²) in [6, 6.07) is 10.3. The van der Waals surface area contributed by atoms with Crippen LogP contribution in [0.4, 0.5) is 0 Å². The number of nitrogens with zero attached hydrogens (tertiary/aromatic N) is 4. The summed E-state index contributed by atoms with van der Waals surface area (Å²) in [7, 11) is 0. The Morgan fingerprint density at radius 1 is 1.00 bits per heavy atom. The van der Waals surface area contributed by atoms with Gasteiger partial charge < -0.3 is 0 Å². The van der Waals surface area contributed by atoms with Crippen molar-refractivity contribution in [1.29, 1.82) is 0 Å². The second-order valence-electron chi connectivity index (χ2n) is 4.07. The van der Waals surface area contributed by atoms with Crippen LogP contribution in [0.3, 0.4) is 0 Å². The minimum absolute atomic E-state index is 0.639. The van der Waals surface area contributed by atoms with E-state index in [1.54, 1.807) is 10.7 Å². The number of rotatable bonds is 1. The Labute approximate surface area is 99.0 Å². The Morgan fingerprint density at radius 2 is 1.76 bits per heavy atom. The van der Waals surface area contributed by atoms with Gasteiger partial charge in [-0.2, -0.15) is 9.50 Å². The lowest BCUT2D eigenvalue weighted by molar-refractivity contribution is 0.924. The molecule has 0 aliphatic heterocycles. The van der Waals surface area contributed by atoms with Crippen molar-refractivity contribution in [1.82, 2.24) is 19.6 Å². The van der Waals surface area contributed by atoms with Gasteiger partial charge in [0.05, 0.1) is 5.69 Å². The van der Waals surface area contributed by atoms with Crippen LogP contribution in [-0.2, 0) is 0 Å². The molecule has 1 aromatic carbocycles. The molecule has 0 saturated heterocycles. The van der Waals surface area contributed by atoms with Gasteiger partial charge in [-0.3, -0.25) is 0 Å². The average molecular weight is 224 g/mol. The predicted molar refractivity (Wildman–Crippen MR) is 65.7 cm³/mol. The fourth-order valence-electron chi connectivity index (χ4n) is 1.84. The van der Waals surface area contributed by atoms with Crippen molar-refractivity contribution in [2.24, 2.45) is 0 Å². The smallest absolute Gasteiger partial charge is 0.220 e. The first-order chi connectivity index (χ1) is 8.24. The van der Waals surface area contributed by atoms with Crippen molar-refractivity contribution < 1.29 is 0 Å². The second-order valence-corrected chi connectivity index (χ2v) is 4.07. The maximum Gasteiger partial charge on any atom is 0.252 e. The molecule has 84 valence electrons. The highest BCUT2D eigenvalue weighted by Gasteiger charge is 2.07. The SMILES string of the molecule is Cc1ccc(-c2ccnc3nc(C)nn23)cc1. The van der Waals surface area contributed by atoms with E-state index in [0.29, 0.717) is 5.78 Å². The number of hydrogen-bond acceptors (Lipinski definition) is 3. The summed E-state index contributed by atoms with van der Waals surface area (Å²) in [6.45, 7) is 3.94. The van der Waals surface area contributed by atoms with Crippen molar-refractivity contribution in [3.05, 3.63) is 47.9 Å². The number of fused-ring (bicyclic) bond motifs is 1. The zero-order chi connectivity index (χ0) is 11.8. The maximum absolute atomic E-state index is 4.35. The van der Waals surface area contributed by atoms with Gasteiger partial charge in [0.25, 0.3) is 5.78 Å². The van der Waals surface area contributed by atoms with Gasteiger partial charge in [-0.15, -0.1) is 5.10 Å². The van der Waals surface area contributed by atoms with Crippen molar-refractivity contribution in [3.8, 4) is 11.3 Å². The third-order valence-electron chi connectivity index (χ3n) is 2.69. The highest BCUT2D eigenvalue weighted by Crippen LogP contribution is 2.19. The Balaban J connectivity index is 2.26. The first-order valence-electron chi connectivity index (χ1n) is 5.49. The van der Waals surface area contributed by atoms with Crippen LogP contribution in [0.2, 0.25) is 0 Å². The summed E-state index contributed by atoms with van der Waals surface area (Å²) in [5, 5.41) is 4.35. The molecule has 0 amide bonds. The van der Waals surface area contributed by atoms with E-state index in [1.165, 1.54) is 5.56 Å². The molecule has 0 spiro atoms. The molecule has 0 aliphatic carbocycles. The van der Waals surface area contributed by atoms with E-state index in [9.17, 15) is 0 Å². The van der Waals surface area contributed by atoms with Gasteiger partial charge in [-0.1, -0.05) is 29.8 Å². The van der Waals surface area contributed by atoms with Crippen LogP contribution in [0.25, 0.3) is 17.0 Å². The summed E-state index contributed by atoms with van der Waals surface area (Å²) in [5.41, 5.74) is 3.37. The molecule has 0 radical (unpaired) electrons. The van der Waals surface area contributed by atoms with Crippen molar-refractivity contribution >= 4 is 5.78 Å². The van der Waals surface area contributed by atoms with Gasteiger partial charge in [0.1, 0.15) is 5.82 Å². The summed E-state index contributed by atoms with van der Waals surface area (Å²) in [5.74, 6) is 1.37. The predicted octanol–water partition coefficient (Wildman–Crippen LogP) is 2.41. The molecule has 0 unspecified atom stereocenters. The molecule has 0 fully saturated rings. The van der Waals surface area contributed by atoms with E-state index in [4.69, 9.17) is 0 Å². The molecule has 0 N–H and O–H groups in total. The number of aryl methyl sites for hydroxylation is 2. The fraction of sp³-hybridized carbons (Fsp3) is 0.154. The molecule has 4 nitrogen and oxygen atoms in total. The summed E-state index contributed by atoms with van der Waals surface area (Å²) >= 11 is 0. The lowest BCUT2D eigenvalue weighted by atomic mass is 10.1. The van der Waals surface area contributed by atoms with E-state index in [2.05, 4.69) is 46.3 Å². The topological polar surface area (TPSA) is 43.1 Å². The van der Waals surface area contributed by atoms with Crippen LogP contribution in [0.1, 0.15) is 11.4 Å². The van der Waals surface area contributed by atoms with Crippen molar-refractivity contribution in [2.45, 2.75) is 13.8 Å². The Morgan fingerprint density at radius 3 is 2.53 bits per heavy atom. The summed E-state index contributed by atoms with van der Waals surface area (Å²) in [4.78, 5) is 8.45. The van der Waals surface area contributed by atoms with E-state index in [1.807, 2.05) is 13.0 Å². The molecule has 3 aromatic rings. The molecule has 2 aromatic heterocycles. The van der Waals surface area contributed by atoms with Crippen molar-refractivity contribution in [2.75, 3.05) is 0 Å². The molecule has 17 heavy (non-hydrogen) atoms. The van der Waals surface area contributed by atoms with Gasteiger partial charge in [0.2, 0.25) is 0 Å². The lowest BCUT2D eigenvalue weighted by Crippen LogP contribution is -1.95. The van der Waals surface area contributed by atoms with E-state index >= 15 is 0 Å². The van der Waals surface area contributed by atoms with Gasteiger partial charge in [-0.05, 0) is 19.9 Å². The van der Waals surface area contributed by atoms with E-state index in [0.717, 1.165) is 17.1 Å². The molecule has 3 rings (SSSR count). The first-order valence-corrected chi connectivity index (χ1v) is 5.49. The van der Waals surface area contributed by atoms with Crippen LogP contribution < -0.4 is 0 Å². The second kappa shape index (κ2) is 3.66. The van der Waals surface area contributed by atoms with Crippen LogP contribution >= 0.6 is 0 Å². The van der Waals surface area contributed by atoms with Crippen LogP contribution in [0.5, 0.6) is 0 Å². The number of aromatic nitrogens is 4. The molecule has 4 heteroatoms. The third-order valence-corrected chi connectivity index (χ3v) is 2.69. The van der Waals surface area contributed by atoms with Gasteiger partial charge in [0.15, 0.2) is 0 Å². The lowest BCUT2D eigenvalue weighted by Gasteiger charge is -2.03. The third kappa shape index (κ3) is 1.67. The Kier molecular flexibility index (Phi) is 2.14. The molecular formula is C13H12N4.